The number of rotatable bonds is 7. The highest BCUT2D eigenvalue weighted by Gasteiger charge is 2.31. The maximum Gasteiger partial charge on any atom is 0.0431 e. The van der Waals surface area contributed by atoms with Gasteiger partial charge in [0.25, 0.3) is 0 Å². The lowest BCUT2D eigenvalue weighted by atomic mass is 9.70. The Morgan fingerprint density at radius 1 is 1.12 bits per heavy atom. The number of aliphatic hydroxyl groups is 1. The number of hydrogen-bond donors (Lipinski definition) is 2. The van der Waals surface area contributed by atoms with Crippen molar-refractivity contribution in [3.8, 4) is 0 Å². The van der Waals surface area contributed by atoms with Crippen LogP contribution in [-0.2, 0) is 0 Å². The van der Waals surface area contributed by atoms with E-state index in [0.29, 0.717) is 12.0 Å². The first kappa shape index (κ1) is 15.0. The Balaban J connectivity index is 2.10. The molecule has 2 heteroatoms. The average Bonchev–Trinajstić information content (AvgIpc) is 2.20. The summed E-state index contributed by atoms with van der Waals surface area (Å²) < 4.78 is 0. The molecule has 0 aromatic heterocycles. The number of hydrogen-bond acceptors (Lipinski definition) is 2. The Hall–Kier alpha value is -0.0800. The van der Waals surface area contributed by atoms with Crippen LogP contribution in [0.3, 0.4) is 0 Å². The van der Waals surface area contributed by atoms with Crippen molar-refractivity contribution in [1.82, 2.24) is 5.32 Å². The van der Waals surface area contributed by atoms with Gasteiger partial charge in [-0.2, -0.15) is 0 Å². The molecule has 1 aliphatic carbocycles. The van der Waals surface area contributed by atoms with Gasteiger partial charge in [-0.1, -0.05) is 33.6 Å². The van der Waals surface area contributed by atoms with Crippen molar-refractivity contribution in [3.63, 3.8) is 0 Å². The molecule has 0 heterocycles. The molecule has 0 bridgehead atoms. The van der Waals surface area contributed by atoms with Crippen LogP contribution in [0.25, 0.3) is 0 Å². The third-order valence-corrected chi connectivity index (χ3v) is 3.90. The molecule has 0 aliphatic heterocycles. The minimum Gasteiger partial charge on any atom is -0.396 e. The van der Waals surface area contributed by atoms with Crippen molar-refractivity contribution < 1.29 is 5.11 Å². The number of aliphatic hydroxyl groups excluding tert-OH is 1. The molecule has 0 amide bonds. The molecular weight excluding hydrogens is 210 g/mol. The van der Waals surface area contributed by atoms with Crippen LogP contribution in [0.4, 0.5) is 0 Å². The Kier molecular flexibility index (Phi) is 6.50. The SMILES string of the molecule is CC1CC(NCCCCCCO)CC(C)(C)C1. The second-order valence-corrected chi connectivity index (χ2v) is 6.70. The second-order valence-electron chi connectivity index (χ2n) is 6.70. The average molecular weight is 241 g/mol. The predicted molar refractivity (Wildman–Crippen MR) is 74.1 cm³/mol. The van der Waals surface area contributed by atoms with Crippen molar-refractivity contribution in [3.05, 3.63) is 0 Å². The van der Waals surface area contributed by atoms with Crippen LogP contribution in [-0.4, -0.2) is 24.3 Å². The lowest BCUT2D eigenvalue weighted by molar-refractivity contribution is 0.151. The first-order valence-electron chi connectivity index (χ1n) is 7.38. The van der Waals surface area contributed by atoms with E-state index < -0.39 is 0 Å². The quantitative estimate of drug-likeness (QED) is 0.670. The fourth-order valence-electron chi connectivity index (χ4n) is 3.40. The summed E-state index contributed by atoms with van der Waals surface area (Å²) in [4.78, 5) is 0. The van der Waals surface area contributed by atoms with Crippen molar-refractivity contribution in [2.75, 3.05) is 13.2 Å². The molecule has 1 saturated carbocycles. The lowest BCUT2D eigenvalue weighted by Gasteiger charge is -2.39. The summed E-state index contributed by atoms with van der Waals surface area (Å²) >= 11 is 0. The topological polar surface area (TPSA) is 32.3 Å². The molecule has 1 rings (SSSR count). The lowest BCUT2D eigenvalue weighted by Crippen LogP contribution is -2.40. The maximum atomic E-state index is 8.70. The molecule has 1 aliphatic rings. The van der Waals surface area contributed by atoms with Gasteiger partial charge in [0.1, 0.15) is 0 Å². The summed E-state index contributed by atoms with van der Waals surface area (Å²) in [6, 6.07) is 0.728. The summed E-state index contributed by atoms with van der Waals surface area (Å²) in [5.74, 6) is 0.866. The van der Waals surface area contributed by atoms with Crippen LogP contribution in [0.2, 0.25) is 0 Å². The molecule has 17 heavy (non-hydrogen) atoms. The highest BCUT2D eigenvalue weighted by molar-refractivity contribution is 4.86. The fraction of sp³-hybridized carbons (Fsp3) is 1.00. The van der Waals surface area contributed by atoms with E-state index >= 15 is 0 Å². The van der Waals surface area contributed by atoms with Gasteiger partial charge in [0.2, 0.25) is 0 Å². The first-order chi connectivity index (χ1) is 8.03. The summed E-state index contributed by atoms with van der Waals surface area (Å²) in [5, 5.41) is 12.4. The molecule has 1 fully saturated rings. The molecule has 0 aromatic carbocycles. The number of nitrogens with one attached hydrogen (secondary N) is 1. The number of unbranched alkanes of at least 4 members (excludes halogenated alkanes) is 3. The Morgan fingerprint density at radius 2 is 1.82 bits per heavy atom. The largest absolute Gasteiger partial charge is 0.396 e. The Morgan fingerprint density at radius 3 is 2.47 bits per heavy atom. The third kappa shape index (κ3) is 6.42. The normalized spacial score (nSPS) is 28.2. The minimum absolute atomic E-state index is 0.349. The van der Waals surface area contributed by atoms with Crippen molar-refractivity contribution in [2.24, 2.45) is 11.3 Å². The molecular formula is C15H31NO. The van der Waals surface area contributed by atoms with E-state index in [1.54, 1.807) is 0 Å². The Bertz CT molecular complexity index is 203. The molecule has 2 nitrogen and oxygen atoms in total. The monoisotopic (exact) mass is 241 g/mol. The van der Waals surface area contributed by atoms with E-state index in [-0.39, 0.29) is 0 Å². The maximum absolute atomic E-state index is 8.70. The molecule has 0 aromatic rings. The predicted octanol–water partition coefficient (Wildman–Crippen LogP) is 3.34. The molecule has 0 spiro atoms. The summed E-state index contributed by atoms with van der Waals surface area (Å²) in [6.45, 7) is 8.69. The first-order valence-corrected chi connectivity index (χ1v) is 7.38. The van der Waals surface area contributed by atoms with E-state index in [4.69, 9.17) is 5.11 Å². The van der Waals surface area contributed by atoms with Gasteiger partial charge >= 0.3 is 0 Å². The molecule has 0 saturated heterocycles. The summed E-state index contributed by atoms with van der Waals surface area (Å²) in [5.41, 5.74) is 0.520. The van der Waals surface area contributed by atoms with Gasteiger partial charge in [-0.05, 0) is 50.0 Å². The van der Waals surface area contributed by atoms with Crippen LogP contribution in [0.15, 0.2) is 0 Å². The van der Waals surface area contributed by atoms with E-state index in [0.717, 1.165) is 24.9 Å². The summed E-state index contributed by atoms with van der Waals surface area (Å²) in [6.07, 6.45) is 8.69. The van der Waals surface area contributed by atoms with Gasteiger partial charge in [0.05, 0.1) is 0 Å². The Labute approximate surface area is 107 Å². The van der Waals surface area contributed by atoms with Gasteiger partial charge in [0.15, 0.2) is 0 Å². The highest BCUT2D eigenvalue weighted by atomic mass is 16.2. The molecule has 102 valence electrons. The molecule has 2 atom stereocenters. The van der Waals surface area contributed by atoms with Gasteiger partial charge < -0.3 is 10.4 Å². The van der Waals surface area contributed by atoms with Gasteiger partial charge in [-0.15, -0.1) is 0 Å². The van der Waals surface area contributed by atoms with Crippen molar-refractivity contribution in [2.45, 2.75) is 71.8 Å². The van der Waals surface area contributed by atoms with E-state index in [1.165, 1.54) is 38.5 Å². The fourth-order valence-corrected chi connectivity index (χ4v) is 3.40. The summed E-state index contributed by atoms with van der Waals surface area (Å²) in [7, 11) is 0. The standard InChI is InChI=1S/C15H31NO/c1-13-10-14(12-15(2,3)11-13)16-8-6-4-5-7-9-17/h13-14,16-17H,4-12H2,1-3H3. The van der Waals surface area contributed by atoms with Crippen molar-refractivity contribution in [1.29, 1.82) is 0 Å². The van der Waals surface area contributed by atoms with Gasteiger partial charge in [0, 0.05) is 12.6 Å². The zero-order valence-electron chi connectivity index (χ0n) is 12.0. The third-order valence-electron chi connectivity index (χ3n) is 3.90. The van der Waals surface area contributed by atoms with E-state index in [1.807, 2.05) is 0 Å². The second kappa shape index (κ2) is 7.38. The smallest absolute Gasteiger partial charge is 0.0431 e. The van der Waals surface area contributed by atoms with Crippen LogP contribution < -0.4 is 5.32 Å². The van der Waals surface area contributed by atoms with Crippen LogP contribution in [0.1, 0.15) is 65.7 Å². The van der Waals surface area contributed by atoms with Crippen molar-refractivity contribution >= 4 is 0 Å². The highest BCUT2D eigenvalue weighted by Crippen LogP contribution is 2.38. The van der Waals surface area contributed by atoms with Crippen LogP contribution >= 0.6 is 0 Å². The van der Waals surface area contributed by atoms with Crippen LogP contribution in [0.5, 0.6) is 0 Å². The zero-order chi connectivity index (χ0) is 12.7. The van der Waals surface area contributed by atoms with Crippen LogP contribution in [0, 0.1) is 11.3 Å². The molecule has 2 N–H and O–H groups in total. The van der Waals surface area contributed by atoms with Gasteiger partial charge in [-0.25, -0.2) is 0 Å². The molecule has 2 unspecified atom stereocenters. The molecule has 0 radical (unpaired) electrons. The zero-order valence-corrected chi connectivity index (χ0v) is 12.0. The van der Waals surface area contributed by atoms with Gasteiger partial charge in [-0.3, -0.25) is 0 Å². The van der Waals surface area contributed by atoms with E-state index in [2.05, 4.69) is 26.1 Å². The van der Waals surface area contributed by atoms with E-state index in [9.17, 15) is 0 Å². The minimum atomic E-state index is 0.349.